The van der Waals surface area contributed by atoms with Gasteiger partial charge in [-0.3, -0.25) is 14.9 Å². The molecule has 0 fully saturated rings. The maximum Gasteiger partial charge on any atom is 0.257 e. The van der Waals surface area contributed by atoms with E-state index in [-0.39, 0.29) is 17.5 Å². The summed E-state index contributed by atoms with van der Waals surface area (Å²) in [6.07, 6.45) is 0.802. The molecule has 4 rings (SSSR count). The van der Waals surface area contributed by atoms with Crippen molar-refractivity contribution in [3.8, 4) is 11.3 Å². The molecular formula is C21H18FN3O2S. The molecule has 142 valence electrons. The Kier molecular flexibility index (Phi) is 4.68. The molecule has 0 bridgehead atoms. The van der Waals surface area contributed by atoms with Crippen molar-refractivity contribution >= 4 is 34.0 Å². The van der Waals surface area contributed by atoms with E-state index in [1.165, 1.54) is 29.5 Å². The lowest BCUT2D eigenvalue weighted by atomic mass is 10.1. The summed E-state index contributed by atoms with van der Waals surface area (Å²) in [6, 6.07) is 11.6. The van der Waals surface area contributed by atoms with Crippen molar-refractivity contribution in [2.75, 3.05) is 10.2 Å². The number of carbonyl (C=O) groups excluding carboxylic acids is 2. The second kappa shape index (κ2) is 7.16. The predicted molar refractivity (Wildman–Crippen MR) is 108 cm³/mol. The average Bonchev–Trinajstić information content (AvgIpc) is 3.24. The fourth-order valence-corrected chi connectivity index (χ4v) is 4.25. The second-order valence-corrected chi connectivity index (χ2v) is 7.65. The Bertz CT molecular complexity index is 1080. The van der Waals surface area contributed by atoms with Crippen LogP contribution in [0.1, 0.15) is 29.8 Å². The number of halogens is 1. The van der Waals surface area contributed by atoms with Gasteiger partial charge in [0.15, 0.2) is 5.13 Å². The number of carbonyl (C=O) groups is 2. The molecule has 0 saturated carbocycles. The number of hydrogen-bond acceptors (Lipinski definition) is 4. The van der Waals surface area contributed by atoms with E-state index in [0.29, 0.717) is 5.13 Å². The van der Waals surface area contributed by atoms with Crippen LogP contribution in [0.3, 0.4) is 0 Å². The van der Waals surface area contributed by atoms with Crippen LogP contribution in [0.25, 0.3) is 11.3 Å². The predicted octanol–water partition coefficient (Wildman–Crippen LogP) is 4.50. The lowest BCUT2D eigenvalue weighted by Crippen LogP contribution is -2.33. The second-order valence-electron chi connectivity index (χ2n) is 6.79. The maximum absolute atomic E-state index is 13.3. The van der Waals surface area contributed by atoms with E-state index < -0.39 is 11.7 Å². The van der Waals surface area contributed by atoms with E-state index in [0.717, 1.165) is 28.9 Å². The first kappa shape index (κ1) is 18.3. The SMILES string of the molecule is CC(=O)N1c2ccc(-c3csc(NC(=O)c4cccc(F)c4)n3)cc2C[C@H]1C. The van der Waals surface area contributed by atoms with Crippen molar-refractivity contribution in [3.63, 3.8) is 0 Å². The van der Waals surface area contributed by atoms with Gasteiger partial charge in [-0.15, -0.1) is 11.3 Å². The molecule has 1 aromatic heterocycles. The summed E-state index contributed by atoms with van der Waals surface area (Å²) in [5.41, 5.74) is 3.97. The topological polar surface area (TPSA) is 62.3 Å². The van der Waals surface area contributed by atoms with Gasteiger partial charge >= 0.3 is 0 Å². The summed E-state index contributed by atoms with van der Waals surface area (Å²) in [5, 5.41) is 5.02. The van der Waals surface area contributed by atoms with Gasteiger partial charge in [0.25, 0.3) is 5.91 Å². The Morgan fingerprint density at radius 1 is 1.25 bits per heavy atom. The minimum atomic E-state index is -0.459. The summed E-state index contributed by atoms with van der Waals surface area (Å²) < 4.78 is 13.3. The summed E-state index contributed by atoms with van der Waals surface area (Å²) >= 11 is 1.31. The van der Waals surface area contributed by atoms with E-state index in [1.807, 2.05) is 35.4 Å². The first-order valence-electron chi connectivity index (χ1n) is 8.88. The van der Waals surface area contributed by atoms with Gasteiger partial charge < -0.3 is 4.90 Å². The highest BCUT2D eigenvalue weighted by Crippen LogP contribution is 2.36. The zero-order valence-corrected chi connectivity index (χ0v) is 16.2. The molecule has 7 heteroatoms. The lowest BCUT2D eigenvalue weighted by molar-refractivity contribution is -0.116. The number of amides is 2. The molecule has 1 aliphatic heterocycles. The number of rotatable bonds is 3. The molecule has 28 heavy (non-hydrogen) atoms. The maximum atomic E-state index is 13.3. The number of anilines is 2. The fourth-order valence-electron chi connectivity index (χ4n) is 3.53. The normalized spacial score (nSPS) is 15.4. The number of aromatic nitrogens is 1. The van der Waals surface area contributed by atoms with Gasteiger partial charge in [-0.25, -0.2) is 9.37 Å². The van der Waals surface area contributed by atoms with Crippen LogP contribution in [0.5, 0.6) is 0 Å². The largest absolute Gasteiger partial charge is 0.309 e. The number of nitrogens with zero attached hydrogens (tertiary/aromatic N) is 2. The zero-order valence-electron chi connectivity index (χ0n) is 15.4. The van der Waals surface area contributed by atoms with Gasteiger partial charge in [0, 0.05) is 35.2 Å². The Labute approximate surface area is 165 Å². The van der Waals surface area contributed by atoms with Crippen LogP contribution in [0.4, 0.5) is 15.2 Å². The van der Waals surface area contributed by atoms with E-state index in [4.69, 9.17) is 0 Å². The Hall–Kier alpha value is -3.06. The molecule has 0 unspecified atom stereocenters. The molecule has 0 saturated heterocycles. The van der Waals surface area contributed by atoms with Crippen LogP contribution < -0.4 is 10.2 Å². The highest BCUT2D eigenvalue weighted by atomic mass is 32.1. The van der Waals surface area contributed by atoms with E-state index in [1.54, 1.807) is 13.0 Å². The molecular weight excluding hydrogens is 377 g/mol. The van der Waals surface area contributed by atoms with Gasteiger partial charge in [0.1, 0.15) is 5.82 Å². The van der Waals surface area contributed by atoms with Gasteiger partial charge in [-0.05, 0) is 49.2 Å². The summed E-state index contributed by atoms with van der Waals surface area (Å²) in [4.78, 5) is 30.4. The van der Waals surface area contributed by atoms with Crippen LogP contribution in [0, 0.1) is 5.82 Å². The number of thiazole rings is 1. The number of fused-ring (bicyclic) bond motifs is 1. The average molecular weight is 395 g/mol. The highest BCUT2D eigenvalue weighted by Gasteiger charge is 2.29. The molecule has 1 aliphatic rings. The molecule has 1 N–H and O–H groups in total. The van der Waals surface area contributed by atoms with Gasteiger partial charge in [-0.1, -0.05) is 12.1 Å². The number of nitrogens with one attached hydrogen (secondary N) is 1. The highest BCUT2D eigenvalue weighted by molar-refractivity contribution is 7.14. The standard InChI is InChI=1S/C21H18FN3O2S/c1-12-8-16-9-14(6-7-19(16)25(12)13(2)26)18-11-28-21(23-18)24-20(27)15-4-3-5-17(22)10-15/h3-7,9-12H,8H2,1-2H3,(H,23,24,27)/t12-/m1/s1. The third-order valence-corrected chi connectivity index (χ3v) is 5.50. The molecule has 2 aromatic carbocycles. The van der Waals surface area contributed by atoms with Crippen molar-refractivity contribution < 1.29 is 14.0 Å². The minimum Gasteiger partial charge on any atom is -0.309 e. The van der Waals surface area contributed by atoms with E-state index in [2.05, 4.69) is 10.3 Å². The third-order valence-electron chi connectivity index (χ3n) is 4.74. The third kappa shape index (κ3) is 3.41. The van der Waals surface area contributed by atoms with Gasteiger partial charge in [-0.2, -0.15) is 0 Å². The van der Waals surface area contributed by atoms with Crippen LogP contribution in [-0.2, 0) is 11.2 Å². The molecule has 1 atom stereocenters. The Morgan fingerprint density at radius 3 is 2.82 bits per heavy atom. The van der Waals surface area contributed by atoms with Crippen LogP contribution in [-0.4, -0.2) is 22.8 Å². The van der Waals surface area contributed by atoms with E-state index >= 15 is 0 Å². The quantitative estimate of drug-likeness (QED) is 0.710. The summed E-state index contributed by atoms with van der Waals surface area (Å²) in [5.74, 6) is -0.824. The monoisotopic (exact) mass is 395 g/mol. The van der Waals surface area contributed by atoms with Crippen LogP contribution >= 0.6 is 11.3 Å². The fraction of sp³-hybridized carbons (Fsp3) is 0.190. The zero-order chi connectivity index (χ0) is 19.8. The lowest BCUT2D eigenvalue weighted by Gasteiger charge is -2.20. The molecule has 0 aliphatic carbocycles. The van der Waals surface area contributed by atoms with Crippen LogP contribution in [0.15, 0.2) is 47.8 Å². The summed E-state index contributed by atoms with van der Waals surface area (Å²) in [6.45, 7) is 3.61. The van der Waals surface area contributed by atoms with Crippen molar-refractivity contribution in [3.05, 3.63) is 64.8 Å². The Morgan fingerprint density at radius 2 is 2.07 bits per heavy atom. The first-order chi connectivity index (χ1) is 13.4. The smallest absolute Gasteiger partial charge is 0.257 e. The van der Waals surface area contributed by atoms with Crippen LogP contribution in [0.2, 0.25) is 0 Å². The molecule has 3 aromatic rings. The van der Waals surface area contributed by atoms with E-state index in [9.17, 15) is 14.0 Å². The summed E-state index contributed by atoms with van der Waals surface area (Å²) in [7, 11) is 0. The van der Waals surface area contributed by atoms with Crippen molar-refractivity contribution in [1.29, 1.82) is 0 Å². The number of hydrogen-bond donors (Lipinski definition) is 1. The van der Waals surface area contributed by atoms with Crippen molar-refractivity contribution in [2.45, 2.75) is 26.3 Å². The van der Waals surface area contributed by atoms with Crippen molar-refractivity contribution in [1.82, 2.24) is 4.98 Å². The van der Waals surface area contributed by atoms with Crippen molar-refractivity contribution in [2.24, 2.45) is 0 Å². The molecule has 2 amide bonds. The molecule has 2 heterocycles. The first-order valence-corrected chi connectivity index (χ1v) is 9.76. The molecule has 0 radical (unpaired) electrons. The Balaban J connectivity index is 1.55. The molecule has 0 spiro atoms. The number of benzene rings is 2. The minimum absolute atomic E-state index is 0.0370. The molecule has 5 nitrogen and oxygen atoms in total. The van der Waals surface area contributed by atoms with Gasteiger partial charge in [0.05, 0.1) is 5.69 Å². The van der Waals surface area contributed by atoms with Gasteiger partial charge in [0.2, 0.25) is 5.91 Å².